The average Bonchev–Trinajstić information content (AvgIpc) is 2.35. The fraction of sp³-hybridized carbons (Fsp3) is 0.417. The lowest BCUT2D eigenvalue weighted by atomic mass is 10.1. The van der Waals surface area contributed by atoms with Gasteiger partial charge in [-0.15, -0.1) is 0 Å². The molecule has 1 amide bonds. The van der Waals surface area contributed by atoms with Crippen LogP contribution in [0.2, 0.25) is 0 Å². The van der Waals surface area contributed by atoms with Crippen molar-refractivity contribution in [3.63, 3.8) is 0 Å². The lowest BCUT2D eigenvalue weighted by Crippen LogP contribution is -2.72. The van der Waals surface area contributed by atoms with Crippen molar-refractivity contribution in [1.82, 2.24) is 5.32 Å². The minimum absolute atomic E-state index is 0.245. The van der Waals surface area contributed by atoms with E-state index in [4.69, 9.17) is 4.74 Å². The molecule has 0 saturated carbocycles. The number of carbonyl (C=O) groups excluding carboxylic acids is 1. The number of methoxy groups -OCH3 is 1. The lowest BCUT2D eigenvalue weighted by Gasteiger charge is -2.38. The number of rotatable bonds is 4. The van der Waals surface area contributed by atoms with Crippen LogP contribution in [0.15, 0.2) is 24.3 Å². The summed E-state index contributed by atoms with van der Waals surface area (Å²) < 4.78 is 83.4. The van der Waals surface area contributed by atoms with Crippen LogP contribution in [0.1, 0.15) is 6.92 Å². The Hall–Kier alpha value is -2.13. The summed E-state index contributed by atoms with van der Waals surface area (Å²) in [6.07, 6.45) is -11.7. The Bertz CT molecular complexity index is 527. The number of amides is 1. The summed E-state index contributed by atoms with van der Waals surface area (Å²) in [6.45, 7) is 0.552. The van der Waals surface area contributed by atoms with Crippen molar-refractivity contribution in [2.45, 2.75) is 24.9 Å². The molecule has 10 heteroatoms. The first-order valence-electron chi connectivity index (χ1n) is 5.78. The lowest BCUT2D eigenvalue weighted by molar-refractivity contribution is -0.295. The van der Waals surface area contributed by atoms with E-state index in [9.17, 15) is 31.1 Å². The molecule has 0 atom stereocenters. The van der Waals surface area contributed by atoms with Crippen molar-refractivity contribution in [1.29, 1.82) is 0 Å². The van der Waals surface area contributed by atoms with E-state index in [0.717, 1.165) is 18.5 Å². The SMILES string of the molecule is COc1ccccc1NC(NC(C)=O)(C(F)(F)F)C(F)(F)F. The van der Waals surface area contributed by atoms with Crippen molar-refractivity contribution in [3.05, 3.63) is 24.3 Å². The minimum atomic E-state index is -5.85. The van der Waals surface area contributed by atoms with Gasteiger partial charge in [-0.1, -0.05) is 12.1 Å². The predicted molar refractivity (Wildman–Crippen MR) is 65.3 cm³/mol. The van der Waals surface area contributed by atoms with Gasteiger partial charge in [-0.2, -0.15) is 26.3 Å². The largest absolute Gasteiger partial charge is 0.495 e. The van der Waals surface area contributed by atoms with Crippen LogP contribution in [0, 0.1) is 0 Å². The van der Waals surface area contributed by atoms with Gasteiger partial charge in [0, 0.05) is 6.92 Å². The number of alkyl halides is 6. The molecule has 1 rings (SSSR count). The third-order valence-electron chi connectivity index (χ3n) is 2.64. The van der Waals surface area contributed by atoms with Crippen LogP contribution in [-0.2, 0) is 4.79 Å². The van der Waals surface area contributed by atoms with Gasteiger partial charge in [0.05, 0.1) is 12.8 Å². The highest BCUT2D eigenvalue weighted by Gasteiger charge is 2.72. The van der Waals surface area contributed by atoms with Crippen LogP contribution in [-0.4, -0.2) is 31.0 Å². The van der Waals surface area contributed by atoms with Gasteiger partial charge in [-0.05, 0) is 12.1 Å². The van der Waals surface area contributed by atoms with Crippen molar-refractivity contribution in [2.24, 2.45) is 0 Å². The Balaban J connectivity index is 3.46. The van der Waals surface area contributed by atoms with Crippen LogP contribution in [0.4, 0.5) is 32.0 Å². The van der Waals surface area contributed by atoms with Crippen molar-refractivity contribution in [3.8, 4) is 5.75 Å². The van der Waals surface area contributed by atoms with E-state index in [1.165, 1.54) is 23.5 Å². The van der Waals surface area contributed by atoms with Gasteiger partial charge >= 0.3 is 18.0 Å². The summed E-state index contributed by atoms with van der Waals surface area (Å²) in [7, 11) is 1.09. The number of carbonyl (C=O) groups is 1. The molecule has 124 valence electrons. The normalized spacial score (nSPS) is 12.7. The van der Waals surface area contributed by atoms with E-state index in [0.29, 0.717) is 6.92 Å². The first kappa shape index (κ1) is 17.9. The Morgan fingerprint density at radius 1 is 1.05 bits per heavy atom. The predicted octanol–water partition coefficient (Wildman–Crippen LogP) is 3.06. The molecule has 0 radical (unpaired) electrons. The first-order chi connectivity index (χ1) is 9.94. The van der Waals surface area contributed by atoms with Gasteiger partial charge in [0.1, 0.15) is 5.75 Å². The summed E-state index contributed by atoms with van der Waals surface area (Å²) >= 11 is 0. The highest BCUT2D eigenvalue weighted by molar-refractivity contribution is 5.75. The van der Waals surface area contributed by atoms with Gasteiger partial charge in [0.15, 0.2) is 0 Å². The quantitative estimate of drug-likeness (QED) is 0.659. The summed E-state index contributed by atoms with van der Waals surface area (Å²) in [6, 6.07) is 4.72. The Morgan fingerprint density at radius 3 is 1.95 bits per heavy atom. The second-order valence-corrected chi connectivity index (χ2v) is 4.25. The van der Waals surface area contributed by atoms with Crippen molar-refractivity contribution >= 4 is 11.6 Å². The molecule has 0 heterocycles. The molecule has 0 unspecified atom stereocenters. The second kappa shape index (κ2) is 5.93. The molecule has 0 spiro atoms. The van der Waals surface area contributed by atoms with Crippen molar-refractivity contribution < 1.29 is 35.9 Å². The second-order valence-electron chi connectivity index (χ2n) is 4.25. The monoisotopic (exact) mass is 330 g/mol. The zero-order valence-corrected chi connectivity index (χ0v) is 11.4. The maximum Gasteiger partial charge on any atom is 0.439 e. The molecule has 4 nitrogen and oxygen atoms in total. The van der Waals surface area contributed by atoms with Crippen LogP contribution >= 0.6 is 0 Å². The third kappa shape index (κ3) is 3.37. The molecular formula is C12H12F6N2O2. The van der Waals surface area contributed by atoms with Crippen LogP contribution in [0.3, 0.4) is 0 Å². The first-order valence-corrected chi connectivity index (χ1v) is 5.78. The molecule has 0 saturated heterocycles. The topological polar surface area (TPSA) is 50.4 Å². The smallest absolute Gasteiger partial charge is 0.439 e. The van der Waals surface area contributed by atoms with Crippen molar-refractivity contribution in [2.75, 3.05) is 12.4 Å². The summed E-state index contributed by atoms with van der Waals surface area (Å²) in [4.78, 5) is 10.9. The number of anilines is 1. The number of nitrogens with one attached hydrogen (secondary N) is 2. The van der Waals surface area contributed by atoms with Gasteiger partial charge in [0.25, 0.3) is 0 Å². The molecule has 2 N–H and O–H groups in total. The fourth-order valence-electron chi connectivity index (χ4n) is 1.69. The van der Waals surface area contributed by atoms with E-state index >= 15 is 0 Å². The molecule has 0 aliphatic carbocycles. The molecule has 0 aromatic heterocycles. The van der Waals surface area contributed by atoms with Gasteiger partial charge < -0.3 is 15.4 Å². The Morgan fingerprint density at radius 2 is 1.55 bits per heavy atom. The van der Waals surface area contributed by atoms with Crippen LogP contribution < -0.4 is 15.4 Å². The molecule has 1 aromatic carbocycles. The molecule has 0 bridgehead atoms. The number of halogens is 6. The molecule has 1 aromatic rings. The highest BCUT2D eigenvalue weighted by atomic mass is 19.4. The Kier molecular flexibility index (Phi) is 4.83. The van der Waals surface area contributed by atoms with E-state index in [2.05, 4.69) is 0 Å². The number of ether oxygens (including phenoxy) is 1. The number of hydrogen-bond donors (Lipinski definition) is 2. The standard InChI is InChI=1S/C12H12F6N2O2/c1-7(21)19-10(11(13,14)15,12(16,17)18)20-8-5-3-4-6-9(8)22-2/h3-6,20H,1-2H3,(H,19,21). The zero-order valence-electron chi connectivity index (χ0n) is 11.4. The highest BCUT2D eigenvalue weighted by Crippen LogP contribution is 2.44. The summed E-state index contributed by atoms with van der Waals surface area (Å²) in [5, 5.41) is 2.23. The van der Waals surface area contributed by atoms with Gasteiger partial charge in [-0.25, -0.2) is 0 Å². The van der Waals surface area contributed by atoms with E-state index < -0.39 is 29.6 Å². The molecule has 0 aliphatic rings. The van der Waals surface area contributed by atoms with E-state index in [-0.39, 0.29) is 5.75 Å². The maximum atomic E-state index is 13.1. The number of benzene rings is 1. The van der Waals surface area contributed by atoms with Crippen LogP contribution in [0.25, 0.3) is 0 Å². The van der Waals surface area contributed by atoms with E-state index in [1.54, 1.807) is 0 Å². The molecule has 0 fully saturated rings. The average molecular weight is 330 g/mol. The Labute approximate surface area is 121 Å². The summed E-state index contributed by atoms with van der Waals surface area (Å²) in [5.74, 6) is -1.75. The fourth-order valence-corrected chi connectivity index (χ4v) is 1.69. The van der Waals surface area contributed by atoms with Gasteiger partial charge in [0.2, 0.25) is 5.91 Å². The molecular weight excluding hydrogens is 318 g/mol. The zero-order chi connectivity index (χ0) is 17.2. The van der Waals surface area contributed by atoms with E-state index in [1.807, 2.05) is 0 Å². The molecule has 0 aliphatic heterocycles. The minimum Gasteiger partial charge on any atom is -0.495 e. The third-order valence-corrected chi connectivity index (χ3v) is 2.64. The summed E-state index contributed by atoms with van der Waals surface area (Å²) in [5.41, 5.74) is -5.21. The van der Waals surface area contributed by atoms with Gasteiger partial charge in [-0.3, -0.25) is 4.79 Å². The maximum absolute atomic E-state index is 13.1. The number of para-hydroxylation sites is 2. The molecule has 22 heavy (non-hydrogen) atoms. The van der Waals surface area contributed by atoms with Crippen LogP contribution in [0.5, 0.6) is 5.75 Å². The number of hydrogen-bond acceptors (Lipinski definition) is 3.